The van der Waals surface area contributed by atoms with Crippen molar-refractivity contribution in [1.82, 2.24) is 10.6 Å². The Hall–Kier alpha value is -2.49. The number of hydrogen-bond donors (Lipinski definition) is 2. The van der Waals surface area contributed by atoms with E-state index >= 15 is 0 Å². The first-order valence-electron chi connectivity index (χ1n) is 7.83. The number of carbonyl (C=O) groups is 1. The molecule has 2 amide bonds. The van der Waals surface area contributed by atoms with Gasteiger partial charge < -0.3 is 15.4 Å². The first kappa shape index (κ1) is 16.9. The van der Waals surface area contributed by atoms with Crippen LogP contribution in [0.5, 0.6) is 5.75 Å². The van der Waals surface area contributed by atoms with Gasteiger partial charge in [-0.25, -0.2) is 4.79 Å². The van der Waals surface area contributed by atoms with Crippen molar-refractivity contribution in [3.63, 3.8) is 0 Å². The molecule has 0 spiro atoms. The smallest absolute Gasteiger partial charge is 0.315 e. The maximum Gasteiger partial charge on any atom is 0.315 e. The van der Waals surface area contributed by atoms with E-state index in [1.54, 1.807) is 0 Å². The molecule has 1 atom stereocenters. The van der Waals surface area contributed by atoms with Gasteiger partial charge in [-0.1, -0.05) is 48.5 Å². The maximum absolute atomic E-state index is 11.9. The molecule has 0 aliphatic heterocycles. The molecule has 0 aliphatic rings. The Morgan fingerprint density at radius 2 is 1.70 bits per heavy atom. The van der Waals surface area contributed by atoms with Crippen LogP contribution in [-0.2, 0) is 6.54 Å². The summed E-state index contributed by atoms with van der Waals surface area (Å²) in [7, 11) is 0. The zero-order valence-corrected chi connectivity index (χ0v) is 13.9. The Morgan fingerprint density at radius 1 is 1.04 bits per heavy atom. The van der Waals surface area contributed by atoms with Gasteiger partial charge in [0.15, 0.2) is 0 Å². The lowest BCUT2D eigenvalue weighted by molar-refractivity contribution is 0.225. The third-order valence-electron chi connectivity index (χ3n) is 3.56. The van der Waals surface area contributed by atoms with Crippen LogP contribution in [0.25, 0.3) is 0 Å². The van der Waals surface area contributed by atoms with Crippen molar-refractivity contribution < 1.29 is 9.53 Å². The van der Waals surface area contributed by atoms with Crippen molar-refractivity contribution in [2.24, 2.45) is 0 Å². The fourth-order valence-electron chi connectivity index (χ4n) is 2.33. The van der Waals surface area contributed by atoms with Crippen LogP contribution >= 0.6 is 0 Å². The molecule has 2 aromatic rings. The second-order valence-electron chi connectivity index (χ2n) is 5.75. The number of benzene rings is 2. The van der Waals surface area contributed by atoms with Gasteiger partial charge in [-0.15, -0.1) is 0 Å². The minimum Gasteiger partial charge on any atom is -0.491 e. The van der Waals surface area contributed by atoms with E-state index in [2.05, 4.69) is 10.6 Å². The van der Waals surface area contributed by atoms with Crippen molar-refractivity contribution in [2.75, 3.05) is 6.61 Å². The van der Waals surface area contributed by atoms with Gasteiger partial charge in [0.25, 0.3) is 0 Å². The van der Waals surface area contributed by atoms with E-state index in [0.29, 0.717) is 13.2 Å². The highest BCUT2D eigenvalue weighted by molar-refractivity contribution is 5.74. The molecule has 0 radical (unpaired) electrons. The molecule has 2 N–H and O–H groups in total. The third kappa shape index (κ3) is 5.33. The second kappa shape index (κ2) is 8.22. The van der Waals surface area contributed by atoms with Crippen LogP contribution in [0.15, 0.2) is 48.5 Å². The van der Waals surface area contributed by atoms with Crippen LogP contribution in [0.3, 0.4) is 0 Å². The maximum atomic E-state index is 11.9. The number of para-hydroxylation sites is 1. The number of ether oxygens (including phenoxy) is 1. The van der Waals surface area contributed by atoms with Crippen LogP contribution in [-0.4, -0.2) is 18.7 Å². The molecule has 0 heterocycles. The molecule has 0 saturated heterocycles. The van der Waals surface area contributed by atoms with Gasteiger partial charge in [0, 0.05) is 6.54 Å². The number of carbonyl (C=O) groups excluding carboxylic acids is 1. The fourth-order valence-corrected chi connectivity index (χ4v) is 2.33. The monoisotopic (exact) mass is 312 g/mol. The number of hydrogen-bond acceptors (Lipinski definition) is 2. The van der Waals surface area contributed by atoms with Crippen molar-refractivity contribution >= 4 is 6.03 Å². The molecule has 2 rings (SSSR count). The topological polar surface area (TPSA) is 50.4 Å². The highest BCUT2D eigenvalue weighted by Gasteiger charge is 2.09. The van der Waals surface area contributed by atoms with E-state index < -0.39 is 0 Å². The van der Waals surface area contributed by atoms with E-state index in [9.17, 15) is 4.79 Å². The lowest BCUT2D eigenvalue weighted by Crippen LogP contribution is -2.43. The Morgan fingerprint density at radius 3 is 2.35 bits per heavy atom. The standard InChI is InChI=1S/C19H24N2O2/c1-14-8-7-9-15(2)18(14)23-13-16(3)21-19(22)20-12-17-10-5-4-6-11-17/h4-11,16H,12-13H2,1-3H3,(H2,20,21,22). The number of nitrogens with one attached hydrogen (secondary N) is 2. The van der Waals surface area contributed by atoms with Gasteiger partial charge in [-0.3, -0.25) is 0 Å². The van der Waals surface area contributed by atoms with Crippen molar-refractivity contribution in [2.45, 2.75) is 33.4 Å². The van der Waals surface area contributed by atoms with E-state index in [-0.39, 0.29) is 12.1 Å². The quantitative estimate of drug-likeness (QED) is 0.856. The van der Waals surface area contributed by atoms with Gasteiger partial charge in [0.2, 0.25) is 0 Å². The molecule has 0 aliphatic carbocycles. The molecule has 0 aromatic heterocycles. The van der Waals surface area contributed by atoms with E-state index in [0.717, 1.165) is 22.4 Å². The molecule has 1 unspecified atom stereocenters. The van der Waals surface area contributed by atoms with Gasteiger partial charge in [0.1, 0.15) is 12.4 Å². The normalized spacial score (nSPS) is 11.6. The number of rotatable bonds is 6. The molecule has 0 bridgehead atoms. The highest BCUT2D eigenvalue weighted by atomic mass is 16.5. The largest absolute Gasteiger partial charge is 0.491 e. The zero-order valence-electron chi connectivity index (χ0n) is 13.9. The van der Waals surface area contributed by atoms with E-state index in [1.165, 1.54) is 0 Å². The number of amides is 2. The van der Waals surface area contributed by atoms with Crippen molar-refractivity contribution in [3.05, 3.63) is 65.2 Å². The minimum atomic E-state index is -0.188. The first-order valence-corrected chi connectivity index (χ1v) is 7.83. The lowest BCUT2D eigenvalue weighted by Gasteiger charge is -2.18. The van der Waals surface area contributed by atoms with Gasteiger partial charge in [-0.2, -0.15) is 0 Å². The predicted molar refractivity (Wildman–Crippen MR) is 92.7 cm³/mol. The summed E-state index contributed by atoms with van der Waals surface area (Å²) in [5, 5.41) is 5.73. The van der Waals surface area contributed by atoms with Crippen molar-refractivity contribution in [3.8, 4) is 5.75 Å². The zero-order chi connectivity index (χ0) is 16.7. The molecule has 4 heteroatoms. The lowest BCUT2D eigenvalue weighted by atomic mass is 10.1. The summed E-state index contributed by atoms with van der Waals surface area (Å²) >= 11 is 0. The third-order valence-corrected chi connectivity index (χ3v) is 3.56. The number of urea groups is 1. The summed E-state index contributed by atoms with van der Waals surface area (Å²) in [4.78, 5) is 11.9. The second-order valence-corrected chi connectivity index (χ2v) is 5.75. The summed E-state index contributed by atoms with van der Waals surface area (Å²) in [5.74, 6) is 0.894. The minimum absolute atomic E-state index is 0.0789. The number of aryl methyl sites for hydroxylation is 2. The summed E-state index contributed by atoms with van der Waals surface area (Å²) in [6, 6.07) is 15.6. The molecule has 0 saturated carbocycles. The fraction of sp³-hybridized carbons (Fsp3) is 0.316. The summed E-state index contributed by atoms with van der Waals surface area (Å²) in [5.41, 5.74) is 3.28. The van der Waals surface area contributed by atoms with Crippen LogP contribution in [0.1, 0.15) is 23.6 Å². The van der Waals surface area contributed by atoms with Gasteiger partial charge in [0.05, 0.1) is 6.04 Å². The SMILES string of the molecule is Cc1cccc(C)c1OCC(C)NC(=O)NCc1ccccc1. The molecule has 23 heavy (non-hydrogen) atoms. The molecular formula is C19H24N2O2. The van der Waals surface area contributed by atoms with Crippen LogP contribution in [0, 0.1) is 13.8 Å². The summed E-state index contributed by atoms with van der Waals surface area (Å²) in [6.07, 6.45) is 0. The molecule has 122 valence electrons. The summed E-state index contributed by atoms with van der Waals surface area (Å²) < 4.78 is 5.85. The average Bonchev–Trinajstić information content (AvgIpc) is 2.53. The van der Waals surface area contributed by atoms with E-state index in [1.807, 2.05) is 69.3 Å². The Labute approximate surface area is 137 Å². The Balaban J connectivity index is 1.76. The Kier molecular flexibility index (Phi) is 6.03. The van der Waals surface area contributed by atoms with Gasteiger partial charge in [-0.05, 0) is 37.5 Å². The van der Waals surface area contributed by atoms with Crippen molar-refractivity contribution in [1.29, 1.82) is 0 Å². The summed E-state index contributed by atoms with van der Waals surface area (Å²) in [6.45, 7) is 6.91. The Bertz CT molecular complexity index is 621. The molecular weight excluding hydrogens is 288 g/mol. The van der Waals surface area contributed by atoms with Crippen LogP contribution in [0.2, 0.25) is 0 Å². The van der Waals surface area contributed by atoms with E-state index in [4.69, 9.17) is 4.74 Å². The average molecular weight is 312 g/mol. The predicted octanol–water partition coefficient (Wildman–Crippen LogP) is 3.57. The molecule has 0 fully saturated rings. The van der Waals surface area contributed by atoms with Crippen LogP contribution in [0.4, 0.5) is 4.79 Å². The molecule has 4 nitrogen and oxygen atoms in total. The van der Waals surface area contributed by atoms with Gasteiger partial charge >= 0.3 is 6.03 Å². The first-order chi connectivity index (χ1) is 11.1. The van der Waals surface area contributed by atoms with Crippen LogP contribution < -0.4 is 15.4 Å². The highest BCUT2D eigenvalue weighted by Crippen LogP contribution is 2.22. The molecule has 2 aromatic carbocycles.